The lowest BCUT2D eigenvalue weighted by molar-refractivity contribution is -0.137. The smallest absolute Gasteiger partial charge is 0.416 e. The zero-order chi connectivity index (χ0) is 23.6. The van der Waals surface area contributed by atoms with Gasteiger partial charge in [-0.15, -0.1) is 0 Å². The van der Waals surface area contributed by atoms with Crippen molar-refractivity contribution in [1.82, 2.24) is 15.3 Å². The van der Waals surface area contributed by atoms with Crippen LogP contribution in [0.1, 0.15) is 36.4 Å². The number of amides is 3. The normalized spacial score (nSPS) is 19.7. The summed E-state index contributed by atoms with van der Waals surface area (Å²) in [5.74, 6) is -0.348. The highest BCUT2D eigenvalue weighted by Crippen LogP contribution is 2.37. The first-order valence-electron chi connectivity index (χ1n) is 10.8. The van der Waals surface area contributed by atoms with Crippen LogP contribution in [0.3, 0.4) is 0 Å². The minimum atomic E-state index is -4.52. The van der Waals surface area contributed by atoms with E-state index in [-0.39, 0.29) is 24.7 Å². The van der Waals surface area contributed by atoms with Gasteiger partial charge in [-0.05, 0) is 54.8 Å². The van der Waals surface area contributed by atoms with Crippen molar-refractivity contribution in [2.75, 3.05) is 31.1 Å². The second-order valence-corrected chi connectivity index (χ2v) is 8.27. The molecule has 2 aliphatic rings. The van der Waals surface area contributed by atoms with E-state index < -0.39 is 23.8 Å². The first kappa shape index (κ1) is 22.9. The van der Waals surface area contributed by atoms with Gasteiger partial charge in [0.15, 0.2) is 0 Å². The molecule has 0 unspecified atom stereocenters. The molecular formula is C23H25F3N4O3. The standard InChI is InChI=1S/C23H25F3N4O3/c24-23(25,26)17-6-4-5-16(13-17)20-14-28(15-21(32)27-29-11-2-1-3-12-29)22(33)30(20)18-7-9-19(31)10-8-18/h4-10,13,20,31H,1-3,11-12,14-15H2,(H,27,32)/t20-/m1/s1. The van der Waals surface area contributed by atoms with Gasteiger partial charge in [0.25, 0.3) is 5.91 Å². The number of phenolic OH excluding ortho intramolecular Hbond substituents is 1. The second-order valence-electron chi connectivity index (χ2n) is 8.27. The first-order valence-corrected chi connectivity index (χ1v) is 10.8. The number of hydrogen-bond donors (Lipinski definition) is 2. The van der Waals surface area contributed by atoms with E-state index in [4.69, 9.17) is 0 Å². The summed E-state index contributed by atoms with van der Waals surface area (Å²) in [6.45, 7) is 1.33. The largest absolute Gasteiger partial charge is 0.508 e. The Morgan fingerprint density at radius 1 is 1.06 bits per heavy atom. The Morgan fingerprint density at radius 3 is 2.42 bits per heavy atom. The summed E-state index contributed by atoms with van der Waals surface area (Å²) in [5.41, 5.74) is 2.73. The van der Waals surface area contributed by atoms with Crippen LogP contribution in [0.25, 0.3) is 0 Å². The molecule has 2 aromatic carbocycles. The van der Waals surface area contributed by atoms with Gasteiger partial charge in [-0.3, -0.25) is 15.1 Å². The molecule has 0 saturated carbocycles. The molecule has 0 aliphatic carbocycles. The highest BCUT2D eigenvalue weighted by molar-refractivity contribution is 5.97. The summed E-state index contributed by atoms with van der Waals surface area (Å²) < 4.78 is 39.9. The van der Waals surface area contributed by atoms with Crippen molar-refractivity contribution in [2.24, 2.45) is 0 Å². The molecule has 4 rings (SSSR count). The summed E-state index contributed by atoms with van der Waals surface area (Å²) in [5, 5.41) is 11.4. The Kier molecular flexibility index (Phi) is 6.46. The van der Waals surface area contributed by atoms with E-state index in [9.17, 15) is 27.9 Å². The number of benzene rings is 2. The Balaban J connectivity index is 1.59. The number of rotatable bonds is 5. The van der Waals surface area contributed by atoms with Gasteiger partial charge in [-0.25, -0.2) is 9.80 Å². The van der Waals surface area contributed by atoms with Crippen LogP contribution in [0.4, 0.5) is 23.7 Å². The molecule has 2 N–H and O–H groups in total. The monoisotopic (exact) mass is 462 g/mol. The number of anilines is 1. The quantitative estimate of drug-likeness (QED) is 0.707. The van der Waals surface area contributed by atoms with Gasteiger partial charge in [-0.1, -0.05) is 18.6 Å². The lowest BCUT2D eigenvalue weighted by atomic mass is 10.0. The molecule has 0 bridgehead atoms. The number of nitrogens with one attached hydrogen (secondary N) is 1. The van der Waals surface area contributed by atoms with E-state index in [1.165, 1.54) is 46.2 Å². The minimum Gasteiger partial charge on any atom is -0.508 e. The topological polar surface area (TPSA) is 76.1 Å². The van der Waals surface area contributed by atoms with Gasteiger partial charge in [0.05, 0.1) is 11.6 Å². The molecule has 33 heavy (non-hydrogen) atoms. The van der Waals surface area contributed by atoms with Gasteiger partial charge in [-0.2, -0.15) is 13.2 Å². The molecule has 176 valence electrons. The molecule has 2 aliphatic heterocycles. The van der Waals surface area contributed by atoms with Crippen LogP contribution in [0, 0.1) is 0 Å². The Morgan fingerprint density at radius 2 is 1.76 bits per heavy atom. The number of hydrogen-bond acceptors (Lipinski definition) is 4. The summed E-state index contributed by atoms with van der Waals surface area (Å²) in [6, 6.07) is 9.48. The van der Waals surface area contributed by atoms with Gasteiger partial charge < -0.3 is 10.0 Å². The summed E-state index contributed by atoms with van der Waals surface area (Å²) in [4.78, 5) is 28.5. The Labute approximate surface area is 189 Å². The highest BCUT2D eigenvalue weighted by atomic mass is 19.4. The molecule has 0 aromatic heterocycles. The maximum atomic E-state index is 13.3. The number of nitrogens with zero attached hydrogens (tertiary/aromatic N) is 3. The molecule has 0 spiro atoms. The molecule has 2 heterocycles. The van der Waals surface area contributed by atoms with Gasteiger partial charge >= 0.3 is 12.2 Å². The summed E-state index contributed by atoms with van der Waals surface area (Å²) >= 11 is 0. The molecule has 0 radical (unpaired) electrons. The van der Waals surface area contributed by atoms with Crippen molar-refractivity contribution >= 4 is 17.6 Å². The van der Waals surface area contributed by atoms with Crippen LogP contribution in [0.2, 0.25) is 0 Å². The fraction of sp³-hybridized carbons (Fsp3) is 0.391. The molecule has 1 atom stereocenters. The predicted molar refractivity (Wildman–Crippen MR) is 115 cm³/mol. The molecular weight excluding hydrogens is 437 g/mol. The number of phenols is 1. The Bertz CT molecular complexity index is 1010. The number of piperidine rings is 1. The van der Waals surface area contributed by atoms with E-state index in [0.29, 0.717) is 11.3 Å². The third-order valence-corrected chi connectivity index (χ3v) is 5.88. The lowest BCUT2D eigenvalue weighted by Gasteiger charge is -2.27. The predicted octanol–water partition coefficient (Wildman–Crippen LogP) is 3.91. The maximum Gasteiger partial charge on any atom is 0.416 e. The summed E-state index contributed by atoms with van der Waals surface area (Å²) in [7, 11) is 0. The molecule has 10 heteroatoms. The van der Waals surface area contributed by atoms with Gasteiger partial charge in [0.2, 0.25) is 0 Å². The van der Waals surface area contributed by atoms with Crippen molar-refractivity contribution < 1.29 is 27.9 Å². The van der Waals surface area contributed by atoms with Crippen LogP contribution >= 0.6 is 0 Å². The zero-order valence-corrected chi connectivity index (χ0v) is 17.9. The molecule has 2 aromatic rings. The van der Waals surface area contributed by atoms with Crippen LogP contribution in [0.5, 0.6) is 5.75 Å². The van der Waals surface area contributed by atoms with E-state index in [2.05, 4.69) is 5.43 Å². The van der Waals surface area contributed by atoms with Crippen LogP contribution < -0.4 is 10.3 Å². The lowest BCUT2D eigenvalue weighted by Crippen LogP contribution is -2.49. The van der Waals surface area contributed by atoms with Crippen LogP contribution in [-0.4, -0.2) is 53.1 Å². The number of halogens is 3. The van der Waals surface area contributed by atoms with Gasteiger partial charge in [0.1, 0.15) is 12.3 Å². The van der Waals surface area contributed by atoms with Crippen molar-refractivity contribution in [2.45, 2.75) is 31.5 Å². The average molecular weight is 462 g/mol. The minimum absolute atomic E-state index is 0.00113. The number of hydrazine groups is 1. The fourth-order valence-electron chi connectivity index (χ4n) is 4.26. The summed E-state index contributed by atoms with van der Waals surface area (Å²) in [6.07, 6.45) is -1.45. The van der Waals surface area contributed by atoms with E-state index in [1.54, 1.807) is 0 Å². The van der Waals surface area contributed by atoms with E-state index in [0.717, 1.165) is 44.5 Å². The molecule has 7 nitrogen and oxygen atoms in total. The Hall–Kier alpha value is -3.27. The van der Waals surface area contributed by atoms with Gasteiger partial charge in [0, 0.05) is 25.3 Å². The van der Waals surface area contributed by atoms with Crippen LogP contribution in [-0.2, 0) is 11.0 Å². The fourth-order valence-corrected chi connectivity index (χ4v) is 4.26. The SMILES string of the molecule is O=C(CN1C[C@H](c2cccc(C(F)(F)F)c2)N(c2ccc(O)cc2)C1=O)NN1CCCCC1. The van der Waals surface area contributed by atoms with Crippen molar-refractivity contribution in [3.8, 4) is 5.75 Å². The van der Waals surface area contributed by atoms with E-state index >= 15 is 0 Å². The molecule has 3 amide bonds. The number of alkyl halides is 3. The van der Waals surface area contributed by atoms with Crippen molar-refractivity contribution in [3.05, 3.63) is 59.7 Å². The molecule has 2 saturated heterocycles. The average Bonchev–Trinajstić information content (AvgIpc) is 3.10. The third kappa shape index (κ3) is 5.22. The van der Waals surface area contributed by atoms with Crippen LogP contribution in [0.15, 0.2) is 48.5 Å². The maximum absolute atomic E-state index is 13.3. The number of carbonyl (C=O) groups is 2. The van der Waals surface area contributed by atoms with Crippen molar-refractivity contribution in [1.29, 1.82) is 0 Å². The zero-order valence-electron chi connectivity index (χ0n) is 17.9. The number of carbonyl (C=O) groups excluding carboxylic acids is 2. The second kappa shape index (κ2) is 9.30. The number of urea groups is 1. The highest BCUT2D eigenvalue weighted by Gasteiger charge is 2.41. The van der Waals surface area contributed by atoms with E-state index in [1.807, 2.05) is 5.01 Å². The molecule has 2 fully saturated rings. The third-order valence-electron chi connectivity index (χ3n) is 5.88. The number of aromatic hydroxyl groups is 1. The van der Waals surface area contributed by atoms with Crippen molar-refractivity contribution in [3.63, 3.8) is 0 Å². The first-order chi connectivity index (χ1) is 15.7.